The molecule has 0 atom stereocenters. The fraction of sp³-hybridized carbons (Fsp3) is 0.125. The van der Waals surface area contributed by atoms with Gasteiger partial charge in [0.05, 0.1) is 4.90 Å². The highest BCUT2D eigenvalue weighted by atomic mass is 32.2. The predicted octanol–water partition coefficient (Wildman–Crippen LogP) is 3.13. The van der Waals surface area contributed by atoms with Crippen molar-refractivity contribution in [2.75, 3.05) is 6.54 Å². The van der Waals surface area contributed by atoms with Crippen molar-refractivity contribution in [2.24, 2.45) is 0 Å². The average Bonchev–Trinajstić information content (AvgIpc) is 2.44. The summed E-state index contributed by atoms with van der Waals surface area (Å²) in [6, 6.07) is 12.7. The van der Waals surface area contributed by atoms with Crippen molar-refractivity contribution in [3.05, 3.63) is 71.6 Å². The third-order valence-corrected chi connectivity index (χ3v) is 4.32. The highest BCUT2D eigenvalue weighted by Crippen LogP contribution is 2.10. The van der Waals surface area contributed by atoms with E-state index in [1.807, 2.05) is 6.92 Å². The topological polar surface area (TPSA) is 46.2 Å². The van der Waals surface area contributed by atoms with Crippen LogP contribution in [0.4, 0.5) is 4.39 Å². The van der Waals surface area contributed by atoms with E-state index in [1.165, 1.54) is 12.1 Å². The molecular formula is C16H16FNO2S. The normalized spacial score (nSPS) is 11.9. The Balaban J connectivity index is 1.97. The quantitative estimate of drug-likeness (QED) is 0.922. The Morgan fingerprint density at radius 1 is 1.14 bits per heavy atom. The Bertz CT molecular complexity index is 737. The third-order valence-electron chi connectivity index (χ3n) is 2.88. The zero-order valence-electron chi connectivity index (χ0n) is 11.6. The van der Waals surface area contributed by atoms with Crippen LogP contribution < -0.4 is 4.72 Å². The fourth-order valence-electron chi connectivity index (χ4n) is 1.76. The van der Waals surface area contributed by atoms with Gasteiger partial charge in [0.15, 0.2) is 0 Å². The summed E-state index contributed by atoms with van der Waals surface area (Å²) >= 11 is 0. The van der Waals surface area contributed by atoms with Crippen LogP contribution in [0.15, 0.2) is 59.5 Å². The number of hydrogen-bond donors (Lipinski definition) is 1. The van der Waals surface area contributed by atoms with Crippen molar-refractivity contribution in [2.45, 2.75) is 11.8 Å². The first-order valence-corrected chi connectivity index (χ1v) is 7.94. The van der Waals surface area contributed by atoms with E-state index in [4.69, 9.17) is 0 Å². The zero-order valence-corrected chi connectivity index (χ0v) is 12.4. The van der Waals surface area contributed by atoms with Crippen molar-refractivity contribution < 1.29 is 12.8 Å². The van der Waals surface area contributed by atoms with Crippen molar-refractivity contribution in [3.63, 3.8) is 0 Å². The third kappa shape index (κ3) is 4.51. The minimum absolute atomic E-state index is 0.146. The van der Waals surface area contributed by atoms with Crippen LogP contribution in [0.1, 0.15) is 11.1 Å². The average molecular weight is 305 g/mol. The second kappa shape index (κ2) is 6.65. The Hall–Kier alpha value is -1.98. The van der Waals surface area contributed by atoms with E-state index in [-0.39, 0.29) is 17.3 Å². The SMILES string of the molecule is Cc1ccc(S(=O)(=O)NC/C=C/c2cccc(F)c2)cc1. The number of hydrogen-bond acceptors (Lipinski definition) is 2. The number of halogens is 1. The van der Waals surface area contributed by atoms with Crippen molar-refractivity contribution in [1.29, 1.82) is 0 Å². The van der Waals surface area contributed by atoms with Gasteiger partial charge >= 0.3 is 0 Å². The smallest absolute Gasteiger partial charge is 0.207 e. The van der Waals surface area contributed by atoms with Crippen LogP contribution in [0.25, 0.3) is 6.08 Å². The lowest BCUT2D eigenvalue weighted by molar-refractivity contribution is 0.585. The first kappa shape index (κ1) is 15.4. The van der Waals surface area contributed by atoms with Crippen LogP contribution in [0.5, 0.6) is 0 Å². The molecule has 2 aromatic carbocycles. The number of rotatable bonds is 5. The van der Waals surface area contributed by atoms with Crippen molar-refractivity contribution >= 4 is 16.1 Å². The van der Waals surface area contributed by atoms with Crippen molar-refractivity contribution in [1.82, 2.24) is 4.72 Å². The van der Waals surface area contributed by atoms with Gasteiger partial charge in [0.25, 0.3) is 0 Å². The molecule has 0 aromatic heterocycles. The van der Waals surface area contributed by atoms with Crippen LogP contribution in [-0.4, -0.2) is 15.0 Å². The molecule has 0 saturated heterocycles. The minimum atomic E-state index is -3.51. The molecule has 110 valence electrons. The van der Waals surface area contributed by atoms with Gasteiger partial charge in [0.2, 0.25) is 10.0 Å². The molecular weight excluding hydrogens is 289 g/mol. The van der Waals surface area contributed by atoms with Gasteiger partial charge < -0.3 is 0 Å². The molecule has 0 aliphatic rings. The number of nitrogens with one attached hydrogen (secondary N) is 1. The van der Waals surface area contributed by atoms with Crippen molar-refractivity contribution in [3.8, 4) is 0 Å². The molecule has 0 aliphatic carbocycles. The molecule has 2 aromatic rings. The summed E-state index contributed by atoms with van der Waals surface area (Å²) < 4.78 is 39.5. The van der Waals surface area contributed by atoms with Gasteiger partial charge in [-0.2, -0.15) is 0 Å². The van der Waals surface area contributed by atoms with Gasteiger partial charge in [-0.05, 0) is 36.8 Å². The van der Waals surface area contributed by atoms with E-state index in [0.29, 0.717) is 5.56 Å². The fourth-order valence-corrected chi connectivity index (χ4v) is 2.74. The highest BCUT2D eigenvalue weighted by Gasteiger charge is 2.11. The van der Waals surface area contributed by atoms with Crippen LogP contribution in [0, 0.1) is 12.7 Å². The second-order valence-corrected chi connectivity index (χ2v) is 6.39. The molecule has 0 amide bonds. The van der Waals surface area contributed by atoms with E-state index in [2.05, 4.69) is 4.72 Å². The van der Waals surface area contributed by atoms with Crippen LogP contribution in [0.2, 0.25) is 0 Å². The van der Waals surface area contributed by atoms with E-state index in [0.717, 1.165) is 5.56 Å². The minimum Gasteiger partial charge on any atom is -0.207 e. The maximum absolute atomic E-state index is 13.0. The first-order valence-electron chi connectivity index (χ1n) is 6.46. The molecule has 0 radical (unpaired) electrons. The number of sulfonamides is 1. The first-order chi connectivity index (χ1) is 9.97. The Morgan fingerprint density at radius 3 is 2.52 bits per heavy atom. The molecule has 0 saturated carbocycles. The predicted molar refractivity (Wildman–Crippen MR) is 81.8 cm³/mol. The summed E-state index contributed by atoms with van der Waals surface area (Å²) in [6.45, 7) is 2.04. The Morgan fingerprint density at radius 2 is 1.86 bits per heavy atom. The molecule has 2 rings (SSSR count). The molecule has 0 fully saturated rings. The number of benzene rings is 2. The molecule has 0 unspecified atom stereocenters. The van der Waals surface area contributed by atoms with Crippen LogP contribution in [0.3, 0.4) is 0 Å². The van der Waals surface area contributed by atoms with Gasteiger partial charge in [0, 0.05) is 6.54 Å². The lowest BCUT2D eigenvalue weighted by Gasteiger charge is -2.04. The Kier molecular flexibility index (Phi) is 4.88. The molecule has 0 heterocycles. The molecule has 21 heavy (non-hydrogen) atoms. The van der Waals surface area contributed by atoms with Gasteiger partial charge in [-0.1, -0.05) is 42.0 Å². The van der Waals surface area contributed by atoms with Gasteiger partial charge in [0.1, 0.15) is 5.82 Å². The molecule has 0 bridgehead atoms. The van der Waals surface area contributed by atoms with Crippen LogP contribution in [-0.2, 0) is 10.0 Å². The van der Waals surface area contributed by atoms with E-state index < -0.39 is 10.0 Å². The maximum atomic E-state index is 13.0. The molecule has 0 spiro atoms. The number of aryl methyl sites for hydroxylation is 1. The molecule has 5 heteroatoms. The summed E-state index contributed by atoms with van der Waals surface area (Å²) in [5.74, 6) is -0.322. The molecule has 1 N–H and O–H groups in total. The van der Waals surface area contributed by atoms with Gasteiger partial charge in [-0.25, -0.2) is 17.5 Å². The lowest BCUT2D eigenvalue weighted by Crippen LogP contribution is -2.23. The maximum Gasteiger partial charge on any atom is 0.240 e. The zero-order chi connectivity index (χ0) is 15.3. The molecule has 3 nitrogen and oxygen atoms in total. The van der Waals surface area contributed by atoms with Gasteiger partial charge in [-0.15, -0.1) is 0 Å². The summed E-state index contributed by atoms with van der Waals surface area (Å²) in [4.78, 5) is 0.229. The monoisotopic (exact) mass is 305 g/mol. The lowest BCUT2D eigenvalue weighted by atomic mass is 10.2. The van der Waals surface area contributed by atoms with Gasteiger partial charge in [-0.3, -0.25) is 0 Å². The molecule has 0 aliphatic heterocycles. The summed E-state index contributed by atoms with van der Waals surface area (Å²) in [6.07, 6.45) is 3.31. The standard InChI is InChI=1S/C16H16FNO2S/c1-13-7-9-16(10-8-13)21(19,20)18-11-3-5-14-4-2-6-15(17)12-14/h2-10,12,18H,11H2,1H3/b5-3+. The highest BCUT2D eigenvalue weighted by molar-refractivity contribution is 7.89. The summed E-state index contributed by atoms with van der Waals surface area (Å²) in [5, 5.41) is 0. The summed E-state index contributed by atoms with van der Waals surface area (Å²) in [7, 11) is -3.51. The van der Waals surface area contributed by atoms with E-state index >= 15 is 0 Å². The van der Waals surface area contributed by atoms with E-state index in [1.54, 1.807) is 48.6 Å². The van der Waals surface area contributed by atoms with Crippen LogP contribution >= 0.6 is 0 Å². The van der Waals surface area contributed by atoms with E-state index in [9.17, 15) is 12.8 Å². The Labute approximate surface area is 124 Å². The summed E-state index contributed by atoms with van der Waals surface area (Å²) in [5.41, 5.74) is 1.68. The second-order valence-electron chi connectivity index (χ2n) is 4.62. The largest absolute Gasteiger partial charge is 0.240 e.